The molecule has 1 fully saturated rings. The highest BCUT2D eigenvalue weighted by Gasteiger charge is 2.43. The first-order valence-electron chi connectivity index (χ1n) is 11.2. The van der Waals surface area contributed by atoms with Crippen LogP contribution in [0.2, 0.25) is 10.0 Å². The number of phenols is 1. The summed E-state index contributed by atoms with van der Waals surface area (Å²) in [6.45, 7) is 6.24. The van der Waals surface area contributed by atoms with Gasteiger partial charge in [0.25, 0.3) is 0 Å². The number of hydrogen-bond acceptors (Lipinski definition) is 3. The summed E-state index contributed by atoms with van der Waals surface area (Å²) < 4.78 is 2.21. The van der Waals surface area contributed by atoms with E-state index in [1.165, 1.54) is 0 Å². The summed E-state index contributed by atoms with van der Waals surface area (Å²) in [4.78, 5) is 6.56. The number of benzene rings is 2. The maximum Gasteiger partial charge on any atom is 0.174 e. The van der Waals surface area contributed by atoms with E-state index in [-0.39, 0.29) is 17.8 Å². The number of hydrogen-bond donors (Lipinski definition) is 2. The Labute approximate surface area is 219 Å². The average Bonchev–Trinajstić information content (AvgIpc) is 3.33. The maximum atomic E-state index is 10.8. The number of aromatic hydroxyl groups is 1. The van der Waals surface area contributed by atoms with Gasteiger partial charge in [-0.3, -0.25) is 4.98 Å². The van der Waals surface area contributed by atoms with Crippen molar-refractivity contribution in [1.29, 1.82) is 0 Å². The third kappa shape index (κ3) is 4.16. The van der Waals surface area contributed by atoms with Crippen LogP contribution < -0.4 is 10.2 Å². The van der Waals surface area contributed by atoms with Crippen molar-refractivity contribution in [3.8, 4) is 11.4 Å². The highest BCUT2D eigenvalue weighted by Crippen LogP contribution is 2.46. The van der Waals surface area contributed by atoms with E-state index in [9.17, 15) is 5.11 Å². The van der Waals surface area contributed by atoms with E-state index in [1.807, 2.05) is 41.3 Å². The summed E-state index contributed by atoms with van der Waals surface area (Å²) in [6, 6.07) is 18.4. The molecule has 0 bridgehead atoms. The van der Waals surface area contributed by atoms with Gasteiger partial charge in [-0.25, -0.2) is 0 Å². The summed E-state index contributed by atoms with van der Waals surface area (Å²) in [5.74, 6) is 0.102. The van der Waals surface area contributed by atoms with Gasteiger partial charge in [-0.1, -0.05) is 35.3 Å². The molecule has 35 heavy (non-hydrogen) atoms. The second-order valence-electron chi connectivity index (χ2n) is 8.72. The molecule has 2 atom stereocenters. The first-order valence-corrected chi connectivity index (χ1v) is 12.4. The van der Waals surface area contributed by atoms with Crippen molar-refractivity contribution in [3.05, 3.63) is 105 Å². The Balaban J connectivity index is 1.73. The molecule has 5 nitrogen and oxygen atoms in total. The Morgan fingerprint density at radius 3 is 2.37 bits per heavy atom. The SMILES string of the molecule is Cc1ccc(Cl)cc1-n1c(C)cc([C@@H]2[C@H](c3ccccn3)NC(=S)N2c2cc(Cl)ccc2O)c1C. The molecular formula is C27H24Cl2N4OS. The summed E-state index contributed by atoms with van der Waals surface area (Å²) >= 11 is 18.5. The molecule has 1 aliphatic rings. The molecule has 8 heteroatoms. The fourth-order valence-corrected chi connectivity index (χ4v) is 5.57. The van der Waals surface area contributed by atoms with Crippen LogP contribution in [0.4, 0.5) is 5.69 Å². The van der Waals surface area contributed by atoms with Crippen LogP contribution in [0.5, 0.6) is 5.75 Å². The molecule has 1 saturated heterocycles. The highest BCUT2D eigenvalue weighted by atomic mass is 35.5. The summed E-state index contributed by atoms with van der Waals surface area (Å²) in [7, 11) is 0. The van der Waals surface area contributed by atoms with Crippen molar-refractivity contribution in [2.45, 2.75) is 32.9 Å². The van der Waals surface area contributed by atoms with E-state index in [0.29, 0.717) is 20.8 Å². The molecule has 0 radical (unpaired) electrons. The van der Waals surface area contributed by atoms with Crippen molar-refractivity contribution in [3.63, 3.8) is 0 Å². The van der Waals surface area contributed by atoms with Crippen molar-refractivity contribution in [2.75, 3.05) is 4.90 Å². The number of halogens is 2. The Bertz CT molecular complexity index is 1440. The van der Waals surface area contributed by atoms with Crippen molar-refractivity contribution in [1.82, 2.24) is 14.9 Å². The number of phenolic OH excluding ortho intramolecular Hbond substituents is 1. The lowest BCUT2D eigenvalue weighted by molar-refractivity contribution is 0.472. The van der Waals surface area contributed by atoms with Gasteiger partial charge in [0.1, 0.15) is 5.75 Å². The standard InChI is InChI=1S/C27H24Cl2N4OS/c1-15-7-8-18(28)13-22(15)32-16(2)12-20(17(32)3)26-25(21-6-4-5-11-30-21)31-27(35)33(26)23-14-19(29)9-10-24(23)34/h4-14,25-26,34H,1-3H3,(H,31,35)/t25-,26+/m0/s1. The molecule has 1 aliphatic heterocycles. The normalized spacial score (nSPS) is 17.6. The number of rotatable bonds is 4. The van der Waals surface area contributed by atoms with E-state index < -0.39 is 0 Å². The predicted molar refractivity (Wildman–Crippen MR) is 146 cm³/mol. The van der Waals surface area contributed by atoms with Crippen LogP contribution in [-0.2, 0) is 0 Å². The van der Waals surface area contributed by atoms with Crippen molar-refractivity contribution < 1.29 is 5.11 Å². The second kappa shape index (κ2) is 9.19. The van der Waals surface area contributed by atoms with E-state index in [4.69, 9.17) is 35.4 Å². The fourth-order valence-electron chi connectivity index (χ4n) is 4.90. The van der Waals surface area contributed by atoms with E-state index in [2.05, 4.69) is 41.7 Å². The second-order valence-corrected chi connectivity index (χ2v) is 9.98. The van der Waals surface area contributed by atoms with Crippen molar-refractivity contribution >= 4 is 46.2 Å². The van der Waals surface area contributed by atoms with Crippen LogP contribution in [0.3, 0.4) is 0 Å². The smallest absolute Gasteiger partial charge is 0.174 e. The largest absolute Gasteiger partial charge is 0.506 e. The van der Waals surface area contributed by atoms with Gasteiger partial charge in [0, 0.05) is 33.3 Å². The molecule has 0 amide bonds. The van der Waals surface area contributed by atoms with Gasteiger partial charge < -0.3 is 19.9 Å². The number of aromatic nitrogens is 2. The minimum Gasteiger partial charge on any atom is -0.506 e. The fraction of sp³-hybridized carbons (Fsp3) is 0.185. The van der Waals surface area contributed by atoms with E-state index in [0.717, 1.165) is 33.9 Å². The molecule has 5 rings (SSSR count). The quantitative estimate of drug-likeness (QED) is 0.283. The lowest BCUT2D eigenvalue weighted by Crippen LogP contribution is -2.29. The summed E-state index contributed by atoms with van der Waals surface area (Å²) in [5.41, 5.74) is 6.72. The van der Waals surface area contributed by atoms with Gasteiger partial charge in [0.2, 0.25) is 0 Å². The van der Waals surface area contributed by atoms with E-state index >= 15 is 0 Å². The monoisotopic (exact) mass is 522 g/mol. The molecule has 0 unspecified atom stereocenters. The number of nitrogens with zero attached hydrogens (tertiary/aromatic N) is 3. The number of anilines is 1. The summed E-state index contributed by atoms with van der Waals surface area (Å²) in [5, 5.41) is 15.9. The molecule has 2 N–H and O–H groups in total. The first-order chi connectivity index (χ1) is 16.8. The van der Waals surface area contributed by atoms with Crippen LogP contribution in [0.25, 0.3) is 5.69 Å². The third-order valence-electron chi connectivity index (χ3n) is 6.50. The Morgan fingerprint density at radius 2 is 1.66 bits per heavy atom. The molecule has 4 aromatic rings. The molecule has 2 aromatic heterocycles. The average molecular weight is 523 g/mol. The highest BCUT2D eigenvalue weighted by molar-refractivity contribution is 7.80. The minimum atomic E-state index is -0.277. The van der Waals surface area contributed by atoms with Gasteiger partial charge in [-0.15, -0.1) is 0 Å². The van der Waals surface area contributed by atoms with Crippen LogP contribution >= 0.6 is 35.4 Å². The minimum absolute atomic E-state index is 0.102. The molecular weight excluding hydrogens is 499 g/mol. The van der Waals surface area contributed by atoms with Gasteiger partial charge in [0.05, 0.1) is 23.5 Å². The zero-order valence-electron chi connectivity index (χ0n) is 19.5. The molecule has 0 aliphatic carbocycles. The number of aryl methyl sites for hydroxylation is 2. The molecule has 0 spiro atoms. The molecule has 0 saturated carbocycles. The maximum absolute atomic E-state index is 10.8. The Hall–Kier alpha value is -3.06. The van der Waals surface area contributed by atoms with Crippen molar-refractivity contribution in [2.24, 2.45) is 0 Å². The van der Waals surface area contributed by atoms with Crippen LogP contribution in [0, 0.1) is 20.8 Å². The zero-order chi connectivity index (χ0) is 24.9. The molecule has 2 aromatic carbocycles. The number of thiocarbonyl (C=S) groups is 1. The predicted octanol–water partition coefficient (Wildman–Crippen LogP) is 6.99. The summed E-state index contributed by atoms with van der Waals surface area (Å²) in [6.07, 6.45) is 1.77. The lowest BCUT2D eigenvalue weighted by atomic mass is 9.96. The van der Waals surface area contributed by atoms with Gasteiger partial charge >= 0.3 is 0 Å². The van der Waals surface area contributed by atoms with Gasteiger partial charge in [0.15, 0.2) is 5.11 Å². The van der Waals surface area contributed by atoms with Crippen LogP contribution in [-0.4, -0.2) is 19.8 Å². The number of pyridine rings is 1. The first kappa shape index (κ1) is 23.7. The topological polar surface area (TPSA) is 53.3 Å². The Morgan fingerprint density at radius 1 is 0.943 bits per heavy atom. The number of nitrogens with one attached hydrogen (secondary N) is 1. The van der Waals surface area contributed by atoms with Gasteiger partial charge in [-0.05, 0) is 92.6 Å². The molecule has 3 heterocycles. The Kier molecular flexibility index (Phi) is 6.21. The third-order valence-corrected chi connectivity index (χ3v) is 7.28. The lowest BCUT2D eigenvalue weighted by Gasteiger charge is -2.29. The van der Waals surface area contributed by atoms with Crippen LogP contribution in [0.1, 0.15) is 40.3 Å². The zero-order valence-corrected chi connectivity index (χ0v) is 21.8. The van der Waals surface area contributed by atoms with E-state index in [1.54, 1.807) is 24.4 Å². The molecule has 178 valence electrons. The van der Waals surface area contributed by atoms with Crippen LogP contribution in [0.15, 0.2) is 66.9 Å². The van der Waals surface area contributed by atoms with Gasteiger partial charge in [-0.2, -0.15) is 0 Å².